The van der Waals surface area contributed by atoms with Crippen LogP contribution in [0.1, 0.15) is 36.7 Å². The monoisotopic (exact) mass is 426 g/mol. The van der Waals surface area contributed by atoms with Crippen molar-refractivity contribution < 1.29 is 14.3 Å². The average molecular weight is 427 g/mol. The van der Waals surface area contributed by atoms with Crippen molar-refractivity contribution >= 4 is 40.4 Å². The van der Waals surface area contributed by atoms with E-state index in [0.29, 0.717) is 16.1 Å². The fraction of sp³-hybridized carbons (Fsp3) is 0.273. The van der Waals surface area contributed by atoms with Crippen LogP contribution in [-0.2, 0) is 11.2 Å². The third-order valence-electron chi connectivity index (χ3n) is 4.56. The average Bonchev–Trinajstić information content (AvgIpc) is 3.09. The number of para-hydroxylation sites is 2. The second kappa shape index (κ2) is 8.81. The van der Waals surface area contributed by atoms with E-state index in [9.17, 15) is 9.59 Å². The first-order chi connectivity index (χ1) is 14.2. The maximum Gasteiger partial charge on any atom is 0.408 e. The van der Waals surface area contributed by atoms with E-state index in [1.54, 1.807) is 39.0 Å². The van der Waals surface area contributed by atoms with Crippen molar-refractivity contribution in [1.82, 2.24) is 10.3 Å². The third-order valence-corrected chi connectivity index (χ3v) is 5.17. The first-order valence-electron chi connectivity index (χ1n) is 9.53. The summed E-state index contributed by atoms with van der Waals surface area (Å²) in [6.07, 6.45) is 1.46. The van der Waals surface area contributed by atoms with E-state index in [4.69, 9.17) is 15.6 Å². The number of hydrogen-bond acceptors (Lipinski definition) is 6. The van der Waals surface area contributed by atoms with E-state index in [2.05, 4.69) is 10.3 Å². The largest absolute Gasteiger partial charge is 0.444 e. The molecule has 3 aromatic rings. The lowest BCUT2D eigenvalue weighted by molar-refractivity contribution is 0.0491. The lowest BCUT2D eigenvalue weighted by Gasteiger charge is -2.23. The summed E-state index contributed by atoms with van der Waals surface area (Å²) < 4.78 is 5.37. The van der Waals surface area contributed by atoms with E-state index in [0.717, 1.165) is 28.4 Å². The van der Waals surface area contributed by atoms with E-state index < -0.39 is 17.7 Å². The van der Waals surface area contributed by atoms with E-state index >= 15 is 0 Å². The second-order valence-electron chi connectivity index (χ2n) is 7.96. The number of H-pyrrole nitrogens is 1. The molecule has 0 fully saturated rings. The number of nitrogens with one attached hydrogen (secondary N) is 2. The topological polar surface area (TPSA) is 123 Å². The zero-order chi connectivity index (χ0) is 21.9. The summed E-state index contributed by atoms with van der Waals surface area (Å²) in [5, 5.41) is 9.36. The Morgan fingerprint density at radius 2 is 1.90 bits per heavy atom. The molecule has 1 amide bonds. The molecule has 0 aliphatic carbocycles. The number of amides is 1. The number of Topliss-reactive ketones (excluding diaryl/α,β-unsaturated/α-hetero) is 1. The molecule has 6 N–H and O–H groups in total. The van der Waals surface area contributed by atoms with Gasteiger partial charge in [0.25, 0.3) is 0 Å². The van der Waals surface area contributed by atoms with Crippen molar-refractivity contribution in [3.8, 4) is 0 Å². The van der Waals surface area contributed by atoms with Crippen molar-refractivity contribution in [2.45, 2.75) is 43.7 Å². The SMILES string of the molecule is CC(C)(C)OC(=O)N[C@@H](Cc1c[nH]c2ccccc12)C(=O)c1cccc(SN)c1N. The lowest BCUT2D eigenvalue weighted by atomic mass is 9.96. The number of fused-ring (bicyclic) bond motifs is 1. The Balaban J connectivity index is 1.94. The normalized spacial score (nSPS) is 12.5. The molecule has 0 aliphatic heterocycles. The molecule has 1 atom stereocenters. The van der Waals surface area contributed by atoms with Crippen LogP contribution in [0.5, 0.6) is 0 Å². The molecule has 0 saturated carbocycles. The maximum absolute atomic E-state index is 13.4. The minimum atomic E-state index is -0.862. The molecular formula is C22H26N4O3S. The highest BCUT2D eigenvalue weighted by Gasteiger charge is 2.28. The molecule has 0 unspecified atom stereocenters. The Morgan fingerprint density at radius 1 is 1.17 bits per heavy atom. The minimum absolute atomic E-state index is 0.279. The summed E-state index contributed by atoms with van der Waals surface area (Å²) in [6.45, 7) is 5.30. The number of nitrogens with two attached hydrogens (primary N) is 2. The standard InChI is InChI=1S/C22H26N4O3S/c1-22(2,3)29-21(28)26-17(11-13-12-25-16-9-5-4-7-14(13)16)20(27)15-8-6-10-18(30-24)19(15)23/h4-10,12,17,25H,11,23-24H2,1-3H3,(H,26,28)/t17-/m0/s1. The smallest absolute Gasteiger partial charge is 0.408 e. The fourth-order valence-electron chi connectivity index (χ4n) is 3.23. The van der Waals surface area contributed by atoms with Gasteiger partial charge in [-0.1, -0.05) is 24.3 Å². The molecule has 3 rings (SSSR count). The van der Waals surface area contributed by atoms with Gasteiger partial charge in [-0.15, -0.1) is 0 Å². The predicted molar refractivity (Wildman–Crippen MR) is 120 cm³/mol. The number of carbonyl (C=O) groups is 2. The molecule has 1 heterocycles. The van der Waals surface area contributed by atoms with Gasteiger partial charge in [-0.3, -0.25) is 9.93 Å². The van der Waals surface area contributed by atoms with E-state index in [-0.39, 0.29) is 12.2 Å². The summed E-state index contributed by atoms with van der Waals surface area (Å²) >= 11 is 0.973. The number of hydrogen-bond donors (Lipinski definition) is 4. The molecule has 158 valence electrons. The van der Waals surface area contributed by atoms with Crippen molar-refractivity contribution in [1.29, 1.82) is 0 Å². The van der Waals surface area contributed by atoms with Crippen LogP contribution in [0, 0.1) is 0 Å². The number of carbonyl (C=O) groups excluding carboxylic acids is 2. The van der Waals surface area contributed by atoms with Crippen LogP contribution in [0.15, 0.2) is 53.6 Å². The van der Waals surface area contributed by atoms with Crippen molar-refractivity contribution in [3.63, 3.8) is 0 Å². The Bertz CT molecular complexity index is 1070. The quantitative estimate of drug-likeness (QED) is 0.268. The number of anilines is 1. The molecule has 0 saturated heterocycles. The summed E-state index contributed by atoms with van der Waals surface area (Å²) in [6, 6.07) is 12.0. The van der Waals surface area contributed by atoms with Crippen molar-refractivity contribution in [2.24, 2.45) is 5.14 Å². The van der Waals surface area contributed by atoms with Crippen LogP contribution in [0.3, 0.4) is 0 Å². The zero-order valence-electron chi connectivity index (χ0n) is 17.2. The van der Waals surface area contributed by atoms with Gasteiger partial charge in [-0.2, -0.15) is 0 Å². The summed E-state index contributed by atoms with van der Waals surface area (Å²) in [7, 11) is 0. The Labute approximate surface area is 179 Å². The molecule has 0 aliphatic rings. The molecule has 0 bridgehead atoms. The van der Waals surface area contributed by atoms with Crippen LogP contribution in [-0.4, -0.2) is 28.5 Å². The van der Waals surface area contributed by atoms with Gasteiger partial charge in [0.2, 0.25) is 0 Å². The van der Waals surface area contributed by atoms with Crippen LogP contribution in [0.2, 0.25) is 0 Å². The van der Waals surface area contributed by atoms with Gasteiger partial charge in [0, 0.05) is 34.0 Å². The summed E-state index contributed by atoms with van der Waals surface area (Å²) in [4.78, 5) is 29.6. The Hall–Kier alpha value is -2.97. The molecule has 0 radical (unpaired) electrons. The Morgan fingerprint density at radius 3 is 2.60 bits per heavy atom. The van der Waals surface area contributed by atoms with Gasteiger partial charge in [0.05, 0.1) is 11.7 Å². The van der Waals surface area contributed by atoms with Gasteiger partial charge in [0.1, 0.15) is 5.60 Å². The number of rotatable bonds is 6. The number of alkyl carbamates (subject to hydrolysis) is 1. The van der Waals surface area contributed by atoms with Gasteiger partial charge < -0.3 is 20.8 Å². The fourth-order valence-corrected chi connectivity index (χ4v) is 3.62. The maximum atomic E-state index is 13.4. The predicted octanol–water partition coefficient (Wildman–Crippen LogP) is 4.03. The first-order valence-corrected chi connectivity index (χ1v) is 10.4. The number of ether oxygens (including phenoxy) is 1. The molecular weight excluding hydrogens is 400 g/mol. The first kappa shape index (κ1) is 21.7. The van der Waals surface area contributed by atoms with Gasteiger partial charge in [0.15, 0.2) is 5.78 Å². The number of aromatic amines is 1. The van der Waals surface area contributed by atoms with Gasteiger partial charge >= 0.3 is 6.09 Å². The Kier molecular flexibility index (Phi) is 6.38. The summed E-state index contributed by atoms with van der Waals surface area (Å²) in [5.41, 5.74) is 7.94. The van der Waals surface area contributed by atoms with Crippen LogP contribution < -0.4 is 16.2 Å². The van der Waals surface area contributed by atoms with Crippen molar-refractivity contribution in [3.05, 3.63) is 59.8 Å². The molecule has 2 aromatic carbocycles. The lowest BCUT2D eigenvalue weighted by Crippen LogP contribution is -2.45. The molecule has 30 heavy (non-hydrogen) atoms. The highest BCUT2D eigenvalue weighted by atomic mass is 32.2. The number of aromatic nitrogens is 1. The minimum Gasteiger partial charge on any atom is -0.444 e. The van der Waals surface area contributed by atoms with E-state index in [1.807, 2.05) is 30.5 Å². The van der Waals surface area contributed by atoms with Gasteiger partial charge in [-0.05, 0) is 56.5 Å². The van der Waals surface area contributed by atoms with Crippen LogP contribution in [0.4, 0.5) is 10.5 Å². The summed E-state index contributed by atoms with van der Waals surface area (Å²) in [5.74, 6) is -0.306. The molecule has 0 spiro atoms. The van der Waals surface area contributed by atoms with Gasteiger partial charge in [-0.25, -0.2) is 4.79 Å². The number of ketones is 1. The third kappa shape index (κ3) is 4.95. The number of nitrogen functional groups attached to an aromatic ring is 1. The van der Waals surface area contributed by atoms with Crippen molar-refractivity contribution in [2.75, 3.05) is 5.73 Å². The van der Waals surface area contributed by atoms with Crippen LogP contribution >= 0.6 is 11.9 Å². The van der Waals surface area contributed by atoms with E-state index in [1.165, 1.54) is 0 Å². The number of benzene rings is 2. The molecule has 7 nitrogen and oxygen atoms in total. The molecule has 1 aromatic heterocycles. The highest BCUT2D eigenvalue weighted by Crippen LogP contribution is 2.27. The molecule has 8 heteroatoms. The van der Waals surface area contributed by atoms with Crippen LogP contribution in [0.25, 0.3) is 10.9 Å². The second-order valence-corrected chi connectivity index (χ2v) is 8.64. The highest BCUT2D eigenvalue weighted by molar-refractivity contribution is 7.97. The zero-order valence-corrected chi connectivity index (χ0v) is 18.0.